The SMILES string of the molecule is CSc1ccc(CNc2ccc(F)c(C(=O)O)c2)cc1. The minimum Gasteiger partial charge on any atom is -0.478 e. The first kappa shape index (κ1) is 14.4. The summed E-state index contributed by atoms with van der Waals surface area (Å²) in [5.41, 5.74) is 1.33. The summed E-state index contributed by atoms with van der Waals surface area (Å²) in [5, 5.41) is 11.9. The van der Waals surface area contributed by atoms with Gasteiger partial charge >= 0.3 is 5.97 Å². The molecule has 2 N–H and O–H groups in total. The van der Waals surface area contributed by atoms with Gasteiger partial charge in [-0.3, -0.25) is 0 Å². The van der Waals surface area contributed by atoms with Crippen molar-refractivity contribution in [2.75, 3.05) is 11.6 Å². The van der Waals surface area contributed by atoms with Crippen LogP contribution in [-0.2, 0) is 6.54 Å². The van der Waals surface area contributed by atoms with Crippen LogP contribution in [0, 0.1) is 5.82 Å². The average molecular weight is 291 g/mol. The number of carboxylic acid groups (broad SMARTS) is 1. The zero-order valence-corrected chi connectivity index (χ0v) is 11.7. The number of anilines is 1. The van der Waals surface area contributed by atoms with E-state index in [1.807, 2.05) is 30.5 Å². The van der Waals surface area contributed by atoms with E-state index < -0.39 is 11.8 Å². The van der Waals surface area contributed by atoms with Gasteiger partial charge in [-0.05, 0) is 42.2 Å². The number of hydrogen-bond donors (Lipinski definition) is 2. The third-order valence-electron chi connectivity index (χ3n) is 2.85. The number of benzene rings is 2. The summed E-state index contributed by atoms with van der Waals surface area (Å²) in [6.45, 7) is 0.555. The third-order valence-corrected chi connectivity index (χ3v) is 3.60. The van der Waals surface area contributed by atoms with Gasteiger partial charge in [-0.2, -0.15) is 0 Å². The minimum atomic E-state index is -1.27. The van der Waals surface area contributed by atoms with Crippen LogP contribution in [0.15, 0.2) is 47.4 Å². The molecular weight excluding hydrogens is 277 g/mol. The van der Waals surface area contributed by atoms with Gasteiger partial charge in [0.15, 0.2) is 0 Å². The minimum absolute atomic E-state index is 0.326. The van der Waals surface area contributed by atoms with E-state index in [0.717, 1.165) is 11.6 Å². The molecule has 5 heteroatoms. The van der Waals surface area contributed by atoms with Crippen LogP contribution in [0.5, 0.6) is 0 Å². The van der Waals surface area contributed by atoms with E-state index in [1.165, 1.54) is 17.0 Å². The lowest BCUT2D eigenvalue weighted by molar-refractivity contribution is 0.0692. The lowest BCUT2D eigenvalue weighted by Gasteiger charge is -2.08. The van der Waals surface area contributed by atoms with Gasteiger partial charge in [-0.15, -0.1) is 11.8 Å². The van der Waals surface area contributed by atoms with Crippen LogP contribution < -0.4 is 5.32 Å². The number of carboxylic acids is 1. The second kappa shape index (κ2) is 6.43. The molecule has 0 aromatic heterocycles. The molecule has 3 nitrogen and oxygen atoms in total. The van der Waals surface area contributed by atoms with Gasteiger partial charge in [0.2, 0.25) is 0 Å². The number of halogens is 1. The Morgan fingerprint density at radius 3 is 2.55 bits per heavy atom. The second-order valence-corrected chi connectivity index (χ2v) is 5.08. The smallest absolute Gasteiger partial charge is 0.338 e. The van der Waals surface area contributed by atoms with E-state index in [1.54, 1.807) is 11.8 Å². The summed E-state index contributed by atoms with van der Waals surface area (Å²) in [5.74, 6) is -2.00. The van der Waals surface area contributed by atoms with Gasteiger partial charge in [0.05, 0.1) is 5.56 Å². The van der Waals surface area contributed by atoms with Crippen LogP contribution in [0.3, 0.4) is 0 Å². The molecule has 2 aromatic carbocycles. The molecule has 0 fully saturated rings. The molecule has 2 aromatic rings. The van der Waals surface area contributed by atoms with Crippen molar-refractivity contribution in [2.45, 2.75) is 11.4 Å². The van der Waals surface area contributed by atoms with Crippen molar-refractivity contribution in [3.8, 4) is 0 Å². The summed E-state index contributed by atoms with van der Waals surface area (Å²) >= 11 is 1.67. The van der Waals surface area contributed by atoms with Crippen molar-refractivity contribution in [1.29, 1.82) is 0 Å². The lowest BCUT2D eigenvalue weighted by atomic mass is 10.1. The number of hydrogen-bond acceptors (Lipinski definition) is 3. The summed E-state index contributed by atoms with van der Waals surface area (Å²) in [7, 11) is 0. The van der Waals surface area contributed by atoms with Crippen molar-refractivity contribution in [3.05, 3.63) is 59.4 Å². The first-order chi connectivity index (χ1) is 9.60. The predicted octanol–water partition coefficient (Wildman–Crippen LogP) is 3.86. The van der Waals surface area contributed by atoms with E-state index in [4.69, 9.17) is 5.11 Å². The Kier molecular flexibility index (Phi) is 4.63. The van der Waals surface area contributed by atoms with Crippen LogP contribution >= 0.6 is 11.8 Å². The van der Waals surface area contributed by atoms with Crippen LogP contribution in [0.25, 0.3) is 0 Å². The maximum atomic E-state index is 13.3. The van der Waals surface area contributed by atoms with Gasteiger partial charge in [-0.1, -0.05) is 12.1 Å². The monoisotopic (exact) mass is 291 g/mol. The number of thioether (sulfide) groups is 1. The molecule has 0 aliphatic rings. The number of carbonyl (C=O) groups is 1. The van der Waals surface area contributed by atoms with E-state index >= 15 is 0 Å². The van der Waals surface area contributed by atoms with Gasteiger partial charge in [0, 0.05) is 17.1 Å². The van der Waals surface area contributed by atoms with Crippen LogP contribution in [0.1, 0.15) is 15.9 Å². The summed E-state index contributed by atoms with van der Waals surface area (Å²) in [4.78, 5) is 12.0. The fourth-order valence-electron chi connectivity index (χ4n) is 1.75. The molecule has 20 heavy (non-hydrogen) atoms. The van der Waals surface area contributed by atoms with E-state index in [0.29, 0.717) is 12.2 Å². The lowest BCUT2D eigenvalue weighted by Crippen LogP contribution is -2.04. The van der Waals surface area contributed by atoms with Crippen molar-refractivity contribution >= 4 is 23.4 Å². The number of aromatic carboxylic acids is 1. The predicted molar refractivity (Wildman–Crippen MR) is 78.9 cm³/mol. The standard InChI is InChI=1S/C15H14FNO2S/c1-20-12-5-2-10(3-6-12)9-17-11-4-7-14(16)13(8-11)15(18)19/h2-8,17H,9H2,1H3,(H,18,19). The highest BCUT2D eigenvalue weighted by molar-refractivity contribution is 7.98. The highest BCUT2D eigenvalue weighted by atomic mass is 32.2. The maximum Gasteiger partial charge on any atom is 0.338 e. The number of rotatable bonds is 5. The largest absolute Gasteiger partial charge is 0.478 e. The Morgan fingerprint density at radius 1 is 1.25 bits per heavy atom. The Morgan fingerprint density at radius 2 is 1.95 bits per heavy atom. The molecule has 0 saturated carbocycles. The molecule has 0 aliphatic carbocycles. The van der Waals surface area contributed by atoms with Gasteiger partial charge < -0.3 is 10.4 Å². The van der Waals surface area contributed by atoms with Crippen molar-refractivity contribution < 1.29 is 14.3 Å². The van der Waals surface area contributed by atoms with Gasteiger partial charge in [0.25, 0.3) is 0 Å². The first-order valence-electron chi connectivity index (χ1n) is 6.00. The first-order valence-corrected chi connectivity index (χ1v) is 7.22. The van der Waals surface area contributed by atoms with E-state index in [9.17, 15) is 9.18 Å². The van der Waals surface area contributed by atoms with E-state index in [2.05, 4.69) is 5.32 Å². The molecule has 0 spiro atoms. The summed E-state index contributed by atoms with van der Waals surface area (Å²) < 4.78 is 13.3. The average Bonchev–Trinajstić information content (AvgIpc) is 2.46. The Labute approximate surface area is 120 Å². The molecule has 0 atom stereocenters. The topological polar surface area (TPSA) is 49.3 Å². The Bertz CT molecular complexity index is 614. The molecule has 0 saturated heterocycles. The normalized spacial score (nSPS) is 10.3. The van der Waals surface area contributed by atoms with Gasteiger partial charge in [-0.25, -0.2) is 9.18 Å². The van der Waals surface area contributed by atoms with Crippen molar-refractivity contribution in [3.63, 3.8) is 0 Å². The van der Waals surface area contributed by atoms with E-state index in [-0.39, 0.29) is 5.56 Å². The van der Waals surface area contributed by atoms with Crippen molar-refractivity contribution in [2.24, 2.45) is 0 Å². The van der Waals surface area contributed by atoms with Crippen LogP contribution in [-0.4, -0.2) is 17.3 Å². The molecule has 0 unspecified atom stereocenters. The number of nitrogens with one attached hydrogen (secondary N) is 1. The molecule has 104 valence electrons. The zero-order chi connectivity index (χ0) is 14.5. The molecule has 2 rings (SSSR count). The molecule has 0 amide bonds. The molecule has 0 radical (unpaired) electrons. The zero-order valence-electron chi connectivity index (χ0n) is 10.9. The highest BCUT2D eigenvalue weighted by Gasteiger charge is 2.10. The Hall–Kier alpha value is -2.01. The summed E-state index contributed by atoms with van der Waals surface area (Å²) in [6, 6.07) is 12.0. The van der Waals surface area contributed by atoms with Gasteiger partial charge in [0.1, 0.15) is 5.82 Å². The molecular formula is C15H14FNO2S. The third kappa shape index (κ3) is 3.51. The fraction of sp³-hybridized carbons (Fsp3) is 0.133. The second-order valence-electron chi connectivity index (χ2n) is 4.20. The molecule has 0 heterocycles. The summed E-state index contributed by atoms with van der Waals surface area (Å²) in [6.07, 6.45) is 2.01. The highest BCUT2D eigenvalue weighted by Crippen LogP contribution is 2.18. The van der Waals surface area contributed by atoms with Crippen LogP contribution in [0.2, 0.25) is 0 Å². The molecule has 0 bridgehead atoms. The fourth-order valence-corrected chi connectivity index (χ4v) is 2.15. The van der Waals surface area contributed by atoms with Crippen LogP contribution in [0.4, 0.5) is 10.1 Å². The molecule has 0 aliphatic heterocycles. The maximum absolute atomic E-state index is 13.3. The Balaban J connectivity index is 2.06. The quantitative estimate of drug-likeness (QED) is 0.821. The van der Waals surface area contributed by atoms with Crippen molar-refractivity contribution in [1.82, 2.24) is 0 Å².